The summed E-state index contributed by atoms with van der Waals surface area (Å²) < 4.78 is 18.7. The fraction of sp³-hybridized carbons (Fsp3) is 0.312. The van der Waals surface area contributed by atoms with Gasteiger partial charge in [0.15, 0.2) is 0 Å². The molecule has 1 unspecified atom stereocenters. The molecule has 0 aliphatic heterocycles. The highest BCUT2D eigenvalue weighted by Crippen LogP contribution is 2.22. The monoisotopic (exact) mass is 274 g/mol. The maximum atomic E-state index is 13.1. The van der Waals surface area contributed by atoms with Crippen molar-refractivity contribution in [2.24, 2.45) is 0 Å². The highest BCUT2D eigenvalue weighted by atomic mass is 19.1. The van der Waals surface area contributed by atoms with E-state index in [0.717, 1.165) is 17.0 Å². The Morgan fingerprint density at radius 1 is 1.10 bits per heavy atom. The molecule has 106 valence electrons. The first-order valence-electron chi connectivity index (χ1n) is 6.68. The molecule has 1 N–H and O–H groups in total. The number of anilines is 1. The lowest BCUT2D eigenvalue weighted by Gasteiger charge is -2.16. The molecule has 2 rings (SSSR count). The minimum absolute atomic E-state index is 0.0185. The molecule has 1 heterocycles. The average molecular weight is 274 g/mol. The second-order valence-electron chi connectivity index (χ2n) is 4.99. The Labute approximate surface area is 118 Å². The molecule has 0 spiro atoms. The normalized spacial score (nSPS) is 12.2. The summed E-state index contributed by atoms with van der Waals surface area (Å²) in [5.74, 6) is 0.516. The van der Waals surface area contributed by atoms with Crippen LogP contribution in [0.2, 0.25) is 0 Å². The Balaban J connectivity index is 2.02. The zero-order chi connectivity index (χ0) is 14.5. The number of aromatic nitrogens is 1. The van der Waals surface area contributed by atoms with Gasteiger partial charge in [-0.2, -0.15) is 0 Å². The van der Waals surface area contributed by atoms with Gasteiger partial charge in [-0.15, -0.1) is 0 Å². The molecule has 1 aromatic carbocycles. The number of hydrogen-bond donors (Lipinski definition) is 1. The predicted molar refractivity (Wildman–Crippen MR) is 78.4 cm³/mol. The van der Waals surface area contributed by atoms with Gasteiger partial charge >= 0.3 is 0 Å². The summed E-state index contributed by atoms with van der Waals surface area (Å²) in [6.07, 6.45) is 3.02. The molecule has 0 amide bonds. The summed E-state index contributed by atoms with van der Waals surface area (Å²) in [7, 11) is 0. The van der Waals surface area contributed by atoms with Crippen LogP contribution in [0, 0.1) is 5.82 Å². The second-order valence-corrected chi connectivity index (χ2v) is 4.99. The van der Waals surface area contributed by atoms with Gasteiger partial charge in [0, 0.05) is 11.9 Å². The van der Waals surface area contributed by atoms with Gasteiger partial charge in [-0.05, 0) is 56.7 Å². The molecular formula is C16H19FN2O. The highest BCUT2D eigenvalue weighted by molar-refractivity contribution is 5.48. The quantitative estimate of drug-likeness (QED) is 0.888. The fourth-order valence-corrected chi connectivity index (χ4v) is 1.90. The van der Waals surface area contributed by atoms with Crippen molar-refractivity contribution in [1.82, 2.24) is 4.98 Å². The molecule has 20 heavy (non-hydrogen) atoms. The van der Waals surface area contributed by atoms with Crippen molar-refractivity contribution in [3.63, 3.8) is 0 Å². The van der Waals surface area contributed by atoms with Crippen LogP contribution < -0.4 is 10.1 Å². The van der Waals surface area contributed by atoms with E-state index >= 15 is 0 Å². The van der Waals surface area contributed by atoms with Gasteiger partial charge in [0.1, 0.15) is 11.6 Å². The van der Waals surface area contributed by atoms with Crippen LogP contribution in [0.25, 0.3) is 0 Å². The molecule has 1 aromatic heterocycles. The first-order chi connectivity index (χ1) is 9.54. The molecule has 0 aliphatic carbocycles. The lowest BCUT2D eigenvalue weighted by Crippen LogP contribution is -2.08. The van der Waals surface area contributed by atoms with Crippen LogP contribution in [-0.2, 0) is 0 Å². The smallest absolute Gasteiger partial charge is 0.141 e. The Hall–Kier alpha value is -2.10. The molecule has 0 saturated heterocycles. The lowest BCUT2D eigenvalue weighted by atomic mass is 10.1. The van der Waals surface area contributed by atoms with Gasteiger partial charge in [0.2, 0.25) is 0 Å². The SMILES string of the molecule is CC(C)Oc1ccc(NC(C)c2cncc(F)c2)cc1. The number of ether oxygens (including phenoxy) is 1. The molecule has 2 aromatic rings. The van der Waals surface area contributed by atoms with Crippen molar-refractivity contribution >= 4 is 5.69 Å². The number of nitrogens with one attached hydrogen (secondary N) is 1. The third-order valence-electron chi connectivity index (χ3n) is 2.84. The summed E-state index contributed by atoms with van der Waals surface area (Å²) in [6.45, 7) is 5.95. The largest absolute Gasteiger partial charge is 0.491 e. The van der Waals surface area contributed by atoms with Gasteiger partial charge in [-0.25, -0.2) is 4.39 Å². The maximum Gasteiger partial charge on any atom is 0.141 e. The van der Waals surface area contributed by atoms with Crippen LogP contribution in [-0.4, -0.2) is 11.1 Å². The molecule has 0 aliphatic rings. The van der Waals surface area contributed by atoms with Crippen LogP contribution in [0.15, 0.2) is 42.7 Å². The van der Waals surface area contributed by atoms with Gasteiger partial charge in [0.25, 0.3) is 0 Å². The minimum Gasteiger partial charge on any atom is -0.491 e. The number of nitrogens with zero attached hydrogens (tertiary/aromatic N) is 1. The fourth-order valence-electron chi connectivity index (χ4n) is 1.90. The maximum absolute atomic E-state index is 13.1. The number of rotatable bonds is 5. The first kappa shape index (κ1) is 14.3. The third kappa shape index (κ3) is 3.95. The standard InChI is InChI=1S/C16H19FN2O/c1-11(2)20-16-6-4-15(5-7-16)19-12(3)13-8-14(17)10-18-9-13/h4-12,19H,1-3H3. The van der Waals surface area contributed by atoms with E-state index in [1.807, 2.05) is 45.0 Å². The van der Waals surface area contributed by atoms with E-state index in [-0.39, 0.29) is 18.0 Å². The van der Waals surface area contributed by atoms with Crippen LogP contribution in [0.5, 0.6) is 5.75 Å². The Morgan fingerprint density at radius 2 is 1.80 bits per heavy atom. The summed E-state index contributed by atoms with van der Waals surface area (Å²) >= 11 is 0. The Kier molecular flexibility index (Phi) is 4.56. The van der Waals surface area contributed by atoms with E-state index in [0.29, 0.717) is 0 Å². The number of benzene rings is 1. The minimum atomic E-state index is -0.322. The molecule has 4 heteroatoms. The number of hydrogen-bond acceptors (Lipinski definition) is 3. The molecule has 3 nitrogen and oxygen atoms in total. The summed E-state index contributed by atoms with van der Waals surface area (Å²) in [5, 5.41) is 3.30. The van der Waals surface area contributed by atoms with Crippen molar-refractivity contribution < 1.29 is 9.13 Å². The van der Waals surface area contributed by atoms with Gasteiger partial charge in [0.05, 0.1) is 18.3 Å². The van der Waals surface area contributed by atoms with E-state index in [1.165, 1.54) is 12.3 Å². The van der Waals surface area contributed by atoms with Gasteiger partial charge in [-0.3, -0.25) is 4.98 Å². The van der Waals surface area contributed by atoms with E-state index in [9.17, 15) is 4.39 Å². The van der Waals surface area contributed by atoms with Crippen LogP contribution in [0.3, 0.4) is 0 Å². The molecular weight excluding hydrogens is 255 g/mol. The predicted octanol–water partition coefficient (Wildman–Crippen LogP) is 4.18. The topological polar surface area (TPSA) is 34.1 Å². The Bertz CT molecular complexity index is 555. The van der Waals surface area contributed by atoms with E-state index in [1.54, 1.807) is 6.20 Å². The summed E-state index contributed by atoms with van der Waals surface area (Å²) in [5.41, 5.74) is 1.77. The summed E-state index contributed by atoms with van der Waals surface area (Å²) in [4.78, 5) is 3.86. The molecule has 0 bridgehead atoms. The zero-order valence-corrected chi connectivity index (χ0v) is 11.9. The van der Waals surface area contributed by atoms with Crippen LogP contribution >= 0.6 is 0 Å². The summed E-state index contributed by atoms with van der Waals surface area (Å²) in [6, 6.07) is 9.19. The molecule has 0 saturated carbocycles. The van der Waals surface area contributed by atoms with Gasteiger partial charge in [-0.1, -0.05) is 0 Å². The van der Waals surface area contributed by atoms with Crippen molar-refractivity contribution in [2.75, 3.05) is 5.32 Å². The van der Waals surface area contributed by atoms with E-state index in [2.05, 4.69) is 10.3 Å². The van der Waals surface area contributed by atoms with Crippen LogP contribution in [0.1, 0.15) is 32.4 Å². The molecule has 0 radical (unpaired) electrons. The molecule has 0 fully saturated rings. The van der Waals surface area contributed by atoms with Crippen molar-refractivity contribution in [2.45, 2.75) is 32.9 Å². The van der Waals surface area contributed by atoms with Crippen LogP contribution in [0.4, 0.5) is 10.1 Å². The Morgan fingerprint density at radius 3 is 2.40 bits per heavy atom. The second kappa shape index (κ2) is 6.37. The highest BCUT2D eigenvalue weighted by Gasteiger charge is 2.07. The van der Waals surface area contributed by atoms with Crippen molar-refractivity contribution in [3.8, 4) is 5.75 Å². The average Bonchev–Trinajstić information content (AvgIpc) is 2.40. The first-order valence-corrected chi connectivity index (χ1v) is 6.68. The number of halogens is 1. The van der Waals surface area contributed by atoms with Gasteiger partial charge < -0.3 is 10.1 Å². The molecule has 1 atom stereocenters. The van der Waals surface area contributed by atoms with E-state index in [4.69, 9.17) is 4.74 Å². The van der Waals surface area contributed by atoms with Crippen molar-refractivity contribution in [3.05, 3.63) is 54.1 Å². The van der Waals surface area contributed by atoms with Crippen molar-refractivity contribution in [1.29, 1.82) is 0 Å². The number of pyridine rings is 1. The zero-order valence-electron chi connectivity index (χ0n) is 11.9. The third-order valence-corrected chi connectivity index (χ3v) is 2.84. The van der Waals surface area contributed by atoms with E-state index < -0.39 is 0 Å². The lowest BCUT2D eigenvalue weighted by molar-refractivity contribution is 0.242.